The molecule has 0 aliphatic carbocycles. The molecule has 0 aliphatic heterocycles. The average molecular weight is 212 g/mol. The summed E-state index contributed by atoms with van der Waals surface area (Å²) in [5.74, 6) is 0. The number of hydrogen-bond donors (Lipinski definition) is 1. The van der Waals surface area contributed by atoms with Gasteiger partial charge in [-0.05, 0) is 62.4 Å². The predicted octanol–water partition coefficient (Wildman–Crippen LogP) is 2.10. The SMILES string of the molecule is Cc1cscc1CNCCCN(C)C. The van der Waals surface area contributed by atoms with Crippen molar-refractivity contribution in [3.05, 3.63) is 21.9 Å². The molecule has 14 heavy (non-hydrogen) atoms. The molecule has 0 saturated heterocycles. The van der Waals surface area contributed by atoms with Crippen molar-refractivity contribution in [1.82, 2.24) is 10.2 Å². The van der Waals surface area contributed by atoms with Gasteiger partial charge in [-0.2, -0.15) is 11.3 Å². The summed E-state index contributed by atoms with van der Waals surface area (Å²) >= 11 is 1.79. The van der Waals surface area contributed by atoms with Crippen LogP contribution in [0.15, 0.2) is 10.8 Å². The van der Waals surface area contributed by atoms with Crippen molar-refractivity contribution in [2.75, 3.05) is 27.2 Å². The second-order valence-electron chi connectivity index (χ2n) is 3.91. The molecule has 0 amide bonds. The lowest BCUT2D eigenvalue weighted by atomic mass is 10.2. The van der Waals surface area contributed by atoms with E-state index in [1.165, 1.54) is 17.5 Å². The fraction of sp³-hybridized carbons (Fsp3) is 0.636. The Hall–Kier alpha value is -0.380. The molecule has 1 heterocycles. The number of nitrogens with one attached hydrogen (secondary N) is 1. The van der Waals surface area contributed by atoms with Gasteiger partial charge in [0.15, 0.2) is 0 Å². The van der Waals surface area contributed by atoms with Gasteiger partial charge in [-0.3, -0.25) is 0 Å². The highest BCUT2D eigenvalue weighted by Gasteiger charge is 1.97. The average Bonchev–Trinajstić information content (AvgIpc) is 2.51. The van der Waals surface area contributed by atoms with Crippen molar-refractivity contribution in [3.8, 4) is 0 Å². The van der Waals surface area contributed by atoms with Crippen molar-refractivity contribution in [1.29, 1.82) is 0 Å². The number of aryl methyl sites for hydroxylation is 1. The van der Waals surface area contributed by atoms with Gasteiger partial charge in [0.2, 0.25) is 0 Å². The maximum Gasteiger partial charge on any atom is 0.0216 e. The van der Waals surface area contributed by atoms with E-state index in [-0.39, 0.29) is 0 Å². The monoisotopic (exact) mass is 212 g/mol. The van der Waals surface area contributed by atoms with Crippen molar-refractivity contribution >= 4 is 11.3 Å². The summed E-state index contributed by atoms with van der Waals surface area (Å²) in [6, 6.07) is 0. The summed E-state index contributed by atoms with van der Waals surface area (Å²) < 4.78 is 0. The van der Waals surface area contributed by atoms with Gasteiger partial charge in [0.05, 0.1) is 0 Å². The van der Waals surface area contributed by atoms with E-state index >= 15 is 0 Å². The van der Waals surface area contributed by atoms with E-state index in [1.54, 1.807) is 11.3 Å². The molecule has 1 aromatic rings. The first-order valence-electron chi connectivity index (χ1n) is 5.07. The third-order valence-electron chi connectivity index (χ3n) is 2.24. The highest BCUT2D eigenvalue weighted by Crippen LogP contribution is 2.12. The lowest BCUT2D eigenvalue weighted by Gasteiger charge is -2.09. The zero-order chi connectivity index (χ0) is 10.4. The number of rotatable bonds is 6. The molecule has 0 spiro atoms. The van der Waals surface area contributed by atoms with Crippen molar-refractivity contribution < 1.29 is 0 Å². The van der Waals surface area contributed by atoms with Gasteiger partial charge in [0.1, 0.15) is 0 Å². The van der Waals surface area contributed by atoms with Crippen LogP contribution in [0, 0.1) is 6.92 Å². The smallest absolute Gasteiger partial charge is 0.0216 e. The van der Waals surface area contributed by atoms with Crippen LogP contribution in [0.5, 0.6) is 0 Å². The quantitative estimate of drug-likeness (QED) is 0.727. The Bertz CT molecular complexity index is 256. The van der Waals surface area contributed by atoms with Gasteiger partial charge in [-0.15, -0.1) is 0 Å². The molecule has 0 atom stereocenters. The second-order valence-corrected chi connectivity index (χ2v) is 4.66. The van der Waals surface area contributed by atoms with E-state index in [1.807, 2.05) is 0 Å². The van der Waals surface area contributed by atoms with Gasteiger partial charge < -0.3 is 10.2 Å². The minimum absolute atomic E-state index is 1.02. The summed E-state index contributed by atoms with van der Waals surface area (Å²) in [5.41, 5.74) is 2.86. The highest BCUT2D eigenvalue weighted by molar-refractivity contribution is 7.08. The maximum atomic E-state index is 3.46. The summed E-state index contributed by atoms with van der Waals surface area (Å²) in [6.07, 6.45) is 1.22. The first-order valence-corrected chi connectivity index (χ1v) is 6.01. The van der Waals surface area contributed by atoms with Gasteiger partial charge >= 0.3 is 0 Å². The van der Waals surface area contributed by atoms with Crippen molar-refractivity contribution in [2.24, 2.45) is 0 Å². The van der Waals surface area contributed by atoms with Crippen LogP contribution in [0.1, 0.15) is 17.5 Å². The van der Waals surface area contributed by atoms with Crippen LogP contribution in [-0.4, -0.2) is 32.1 Å². The van der Waals surface area contributed by atoms with E-state index in [0.717, 1.165) is 19.6 Å². The Morgan fingerprint density at radius 2 is 2.14 bits per heavy atom. The van der Waals surface area contributed by atoms with E-state index in [2.05, 4.69) is 42.0 Å². The predicted molar refractivity (Wildman–Crippen MR) is 63.9 cm³/mol. The highest BCUT2D eigenvalue weighted by atomic mass is 32.1. The van der Waals surface area contributed by atoms with Crippen LogP contribution in [0.25, 0.3) is 0 Å². The molecule has 0 bridgehead atoms. The molecule has 2 nitrogen and oxygen atoms in total. The summed E-state index contributed by atoms with van der Waals surface area (Å²) in [4.78, 5) is 2.22. The van der Waals surface area contributed by atoms with E-state index in [0.29, 0.717) is 0 Å². The third kappa shape index (κ3) is 4.22. The van der Waals surface area contributed by atoms with Crippen LogP contribution in [-0.2, 0) is 6.54 Å². The van der Waals surface area contributed by atoms with Crippen LogP contribution >= 0.6 is 11.3 Å². The van der Waals surface area contributed by atoms with Crippen LogP contribution < -0.4 is 5.32 Å². The Labute approximate surface area is 90.9 Å². The topological polar surface area (TPSA) is 15.3 Å². The molecule has 3 heteroatoms. The molecule has 1 N–H and O–H groups in total. The van der Waals surface area contributed by atoms with E-state index in [4.69, 9.17) is 0 Å². The Morgan fingerprint density at radius 1 is 1.36 bits per heavy atom. The fourth-order valence-corrected chi connectivity index (χ4v) is 2.17. The molecule has 0 saturated carbocycles. The Balaban J connectivity index is 2.08. The standard InChI is InChI=1S/C11H20N2S/c1-10-8-14-9-11(10)7-12-5-4-6-13(2)3/h8-9,12H,4-7H2,1-3H3. The van der Waals surface area contributed by atoms with Gasteiger partial charge in [-0.25, -0.2) is 0 Å². The summed E-state index contributed by atoms with van der Waals surface area (Å²) in [6.45, 7) is 5.46. The number of thiophene rings is 1. The van der Waals surface area contributed by atoms with Gasteiger partial charge in [-0.1, -0.05) is 0 Å². The summed E-state index contributed by atoms with van der Waals surface area (Å²) in [7, 11) is 4.23. The first kappa shape index (κ1) is 11.7. The Morgan fingerprint density at radius 3 is 2.71 bits per heavy atom. The van der Waals surface area contributed by atoms with Crippen molar-refractivity contribution in [2.45, 2.75) is 19.9 Å². The van der Waals surface area contributed by atoms with Crippen molar-refractivity contribution in [3.63, 3.8) is 0 Å². The fourth-order valence-electron chi connectivity index (χ4n) is 1.31. The lowest BCUT2D eigenvalue weighted by molar-refractivity contribution is 0.394. The normalized spacial score (nSPS) is 11.1. The molecule has 0 fully saturated rings. The largest absolute Gasteiger partial charge is 0.313 e. The van der Waals surface area contributed by atoms with Gasteiger partial charge in [0, 0.05) is 6.54 Å². The Kier molecular flexibility index (Phi) is 5.15. The van der Waals surface area contributed by atoms with E-state index < -0.39 is 0 Å². The molecule has 0 aromatic carbocycles. The van der Waals surface area contributed by atoms with Gasteiger partial charge in [0.25, 0.3) is 0 Å². The number of hydrogen-bond acceptors (Lipinski definition) is 3. The lowest BCUT2D eigenvalue weighted by Crippen LogP contribution is -2.21. The minimum atomic E-state index is 1.02. The molecular weight excluding hydrogens is 192 g/mol. The first-order chi connectivity index (χ1) is 6.70. The summed E-state index contributed by atoms with van der Waals surface area (Å²) in [5, 5.41) is 7.90. The minimum Gasteiger partial charge on any atom is -0.313 e. The van der Waals surface area contributed by atoms with Crippen LogP contribution in [0.4, 0.5) is 0 Å². The molecular formula is C11H20N2S. The van der Waals surface area contributed by atoms with E-state index in [9.17, 15) is 0 Å². The molecule has 0 radical (unpaired) electrons. The third-order valence-corrected chi connectivity index (χ3v) is 3.15. The molecule has 0 aliphatic rings. The van der Waals surface area contributed by atoms with Crippen LogP contribution in [0.3, 0.4) is 0 Å². The zero-order valence-electron chi connectivity index (χ0n) is 9.34. The molecule has 0 unspecified atom stereocenters. The zero-order valence-corrected chi connectivity index (χ0v) is 10.2. The molecule has 1 rings (SSSR count). The van der Waals surface area contributed by atoms with Crippen LogP contribution in [0.2, 0.25) is 0 Å². The molecule has 1 aromatic heterocycles. The number of nitrogens with zero attached hydrogens (tertiary/aromatic N) is 1. The maximum absolute atomic E-state index is 3.46. The molecule has 80 valence electrons. The second kappa shape index (κ2) is 6.17.